The van der Waals surface area contributed by atoms with E-state index in [1.54, 1.807) is 0 Å². The average molecular weight is 196 g/mol. The number of para-hydroxylation sites is 1. The molecule has 1 unspecified atom stereocenters. The molecule has 3 heteroatoms. The standard InChI is InChI=1S/C11H15NO2/c1-8(12-2)6-9-4-3-5-10-11(9)14-7-13-10/h3-5,8,12H,6-7H2,1-2H3/i2D3. The van der Waals surface area contributed by atoms with Crippen molar-refractivity contribution in [2.24, 2.45) is 0 Å². The molecule has 1 aliphatic heterocycles. The summed E-state index contributed by atoms with van der Waals surface area (Å²) in [7, 11) is 0. The van der Waals surface area contributed by atoms with E-state index in [4.69, 9.17) is 13.6 Å². The molecule has 0 aromatic heterocycles. The van der Waals surface area contributed by atoms with Gasteiger partial charge >= 0.3 is 0 Å². The SMILES string of the molecule is [2H]C([2H])([2H])NC(C)Cc1cccc2c1OCO2. The zero-order chi connectivity index (χ0) is 12.5. The molecule has 3 nitrogen and oxygen atoms in total. The minimum absolute atomic E-state index is 0.154. The first-order chi connectivity index (χ1) is 7.96. The lowest BCUT2D eigenvalue weighted by Crippen LogP contribution is -2.23. The first-order valence-electron chi connectivity index (χ1n) is 6.11. The Morgan fingerprint density at radius 1 is 1.57 bits per heavy atom. The summed E-state index contributed by atoms with van der Waals surface area (Å²) in [6, 6.07) is 5.49. The summed E-state index contributed by atoms with van der Waals surface area (Å²) in [4.78, 5) is 0. The van der Waals surface area contributed by atoms with Gasteiger partial charge in [0, 0.05) is 10.2 Å². The largest absolute Gasteiger partial charge is 0.454 e. The second kappa shape index (κ2) is 3.88. The van der Waals surface area contributed by atoms with Crippen LogP contribution >= 0.6 is 0 Å². The van der Waals surface area contributed by atoms with Crippen LogP contribution in [0.15, 0.2) is 18.2 Å². The molecule has 1 aliphatic rings. The van der Waals surface area contributed by atoms with E-state index in [1.807, 2.05) is 25.1 Å². The fraction of sp³-hybridized carbons (Fsp3) is 0.455. The third-order valence-electron chi connectivity index (χ3n) is 2.25. The van der Waals surface area contributed by atoms with Crippen LogP contribution in [0.5, 0.6) is 11.5 Å². The Labute approximate surface area is 88.2 Å². The first-order valence-corrected chi connectivity index (χ1v) is 4.61. The molecule has 2 rings (SSSR count). The number of nitrogens with one attached hydrogen (secondary N) is 1. The van der Waals surface area contributed by atoms with Crippen molar-refractivity contribution in [2.45, 2.75) is 19.4 Å². The number of hydrogen-bond donors (Lipinski definition) is 1. The Bertz CT molecular complexity index is 406. The second-order valence-electron chi connectivity index (χ2n) is 3.40. The van der Waals surface area contributed by atoms with Crippen LogP contribution < -0.4 is 14.8 Å². The number of rotatable bonds is 3. The maximum absolute atomic E-state index is 7.15. The lowest BCUT2D eigenvalue weighted by atomic mass is 10.1. The molecule has 1 aromatic carbocycles. The summed E-state index contributed by atoms with van der Waals surface area (Å²) in [6.45, 7) is -0.0519. The molecule has 0 saturated heterocycles. The minimum atomic E-state index is -2.12. The van der Waals surface area contributed by atoms with Crippen molar-refractivity contribution in [1.82, 2.24) is 5.32 Å². The molecular formula is C11H15NO2. The molecule has 1 atom stereocenters. The van der Waals surface area contributed by atoms with E-state index in [-0.39, 0.29) is 12.8 Å². The van der Waals surface area contributed by atoms with Crippen LogP contribution in [0.4, 0.5) is 0 Å². The highest BCUT2D eigenvalue weighted by Gasteiger charge is 2.17. The zero-order valence-electron chi connectivity index (χ0n) is 11.0. The van der Waals surface area contributed by atoms with Crippen LogP contribution in [0.3, 0.4) is 0 Å². The van der Waals surface area contributed by atoms with E-state index >= 15 is 0 Å². The fourth-order valence-electron chi connectivity index (χ4n) is 1.53. The number of hydrogen-bond acceptors (Lipinski definition) is 3. The van der Waals surface area contributed by atoms with Crippen LogP contribution in [0, 0.1) is 0 Å². The predicted molar refractivity (Wildman–Crippen MR) is 54.8 cm³/mol. The van der Waals surface area contributed by atoms with Gasteiger partial charge in [-0.25, -0.2) is 0 Å². The molecule has 1 aromatic rings. The Morgan fingerprint density at radius 2 is 2.50 bits per heavy atom. The van der Waals surface area contributed by atoms with Gasteiger partial charge in [-0.15, -0.1) is 0 Å². The molecule has 0 spiro atoms. The van der Waals surface area contributed by atoms with Gasteiger partial charge in [-0.2, -0.15) is 0 Å². The minimum Gasteiger partial charge on any atom is -0.454 e. The fourth-order valence-corrected chi connectivity index (χ4v) is 1.53. The summed E-state index contributed by atoms with van der Waals surface area (Å²) >= 11 is 0. The Morgan fingerprint density at radius 3 is 3.36 bits per heavy atom. The maximum atomic E-state index is 7.15. The van der Waals surface area contributed by atoms with Gasteiger partial charge in [0.05, 0.1) is 0 Å². The highest BCUT2D eigenvalue weighted by molar-refractivity contribution is 5.48. The van der Waals surface area contributed by atoms with Crippen molar-refractivity contribution in [2.75, 3.05) is 13.8 Å². The topological polar surface area (TPSA) is 30.5 Å². The molecule has 0 fully saturated rings. The number of fused-ring (bicyclic) bond motifs is 1. The van der Waals surface area contributed by atoms with Crippen LogP contribution in [0.2, 0.25) is 0 Å². The van der Waals surface area contributed by atoms with E-state index < -0.39 is 6.98 Å². The van der Waals surface area contributed by atoms with Gasteiger partial charge in [0.25, 0.3) is 0 Å². The summed E-state index contributed by atoms with van der Waals surface area (Å²) < 4.78 is 32.1. The lowest BCUT2D eigenvalue weighted by Gasteiger charge is -2.11. The maximum Gasteiger partial charge on any atom is 0.231 e. The number of benzene rings is 1. The number of ether oxygens (including phenoxy) is 2. The molecule has 1 N–H and O–H groups in total. The van der Waals surface area contributed by atoms with Crippen LogP contribution in [0.25, 0.3) is 0 Å². The highest BCUT2D eigenvalue weighted by Crippen LogP contribution is 2.35. The van der Waals surface area contributed by atoms with Crippen molar-refractivity contribution in [3.63, 3.8) is 0 Å². The molecular weight excluding hydrogens is 178 g/mol. The molecule has 1 heterocycles. The van der Waals surface area contributed by atoms with Crippen LogP contribution in [-0.4, -0.2) is 19.8 Å². The van der Waals surface area contributed by atoms with Gasteiger partial charge in [0.1, 0.15) is 0 Å². The molecule has 0 saturated carbocycles. The van der Waals surface area contributed by atoms with Crippen LogP contribution in [0.1, 0.15) is 16.6 Å². The third-order valence-corrected chi connectivity index (χ3v) is 2.25. The van der Waals surface area contributed by atoms with E-state index in [2.05, 4.69) is 5.32 Å². The molecule has 76 valence electrons. The van der Waals surface area contributed by atoms with E-state index in [0.29, 0.717) is 6.42 Å². The van der Waals surface area contributed by atoms with Crippen molar-refractivity contribution >= 4 is 0 Å². The van der Waals surface area contributed by atoms with Gasteiger partial charge in [-0.1, -0.05) is 12.1 Å². The normalized spacial score (nSPS) is 19.6. The Hall–Kier alpha value is -1.22. The molecule has 14 heavy (non-hydrogen) atoms. The highest BCUT2D eigenvalue weighted by atomic mass is 16.7. The Balaban J connectivity index is 2.07. The predicted octanol–water partition coefficient (Wildman–Crippen LogP) is 1.57. The second-order valence-corrected chi connectivity index (χ2v) is 3.40. The number of likely N-dealkylation sites (N-methyl/N-ethyl adjacent to an activating group) is 1. The quantitative estimate of drug-likeness (QED) is 0.796. The monoisotopic (exact) mass is 196 g/mol. The molecule has 0 aliphatic carbocycles. The van der Waals surface area contributed by atoms with Crippen molar-refractivity contribution in [3.05, 3.63) is 23.8 Å². The summed E-state index contributed by atoms with van der Waals surface area (Å²) in [5, 5.41) is 2.56. The van der Waals surface area contributed by atoms with Gasteiger partial charge in [0.15, 0.2) is 11.5 Å². The van der Waals surface area contributed by atoms with Gasteiger partial charge < -0.3 is 14.8 Å². The zero-order valence-corrected chi connectivity index (χ0v) is 8.04. The van der Waals surface area contributed by atoms with Crippen molar-refractivity contribution < 1.29 is 13.6 Å². The van der Waals surface area contributed by atoms with Gasteiger partial charge in [-0.3, -0.25) is 0 Å². The molecule has 0 bridgehead atoms. The first kappa shape index (κ1) is 6.30. The molecule has 0 amide bonds. The summed E-state index contributed by atoms with van der Waals surface area (Å²) in [6.07, 6.45) is 0.588. The van der Waals surface area contributed by atoms with E-state index in [0.717, 1.165) is 17.1 Å². The van der Waals surface area contributed by atoms with Gasteiger partial charge in [-0.05, 0) is 32.0 Å². The smallest absolute Gasteiger partial charge is 0.231 e. The van der Waals surface area contributed by atoms with E-state index in [9.17, 15) is 0 Å². The summed E-state index contributed by atoms with van der Waals surface area (Å²) in [5.74, 6) is 1.45. The Kier molecular flexibility index (Phi) is 1.75. The third kappa shape index (κ3) is 1.68. The molecule has 0 radical (unpaired) electrons. The lowest BCUT2D eigenvalue weighted by molar-refractivity contribution is 0.173. The van der Waals surface area contributed by atoms with E-state index in [1.165, 1.54) is 0 Å². The summed E-state index contributed by atoms with van der Waals surface area (Å²) in [5.41, 5.74) is 0.962. The van der Waals surface area contributed by atoms with Crippen molar-refractivity contribution in [3.8, 4) is 11.5 Å². The average Bonchev–Trinajstić information content (AvgIpc) is 2.63. The van der Waals surface area contributed by atoms with Crippen LogP contribution in [-0.2, 0) is 6.42 Å². The van der Waals surface area contributed by atoms with Crippen molar-refractivity contribution in [1.29, 1.82) is 0 Å². The van der Waals surface area contributed by atoms with Gasteiger partial charge in [0.2, 0.25) is 6.79 Å².